The molecule has 0 spiro atoms. The number of H-pyrrole nitrogens is 1. The maximum atomic E-state index is 13.0. The van der Waals surface area contributed by atoms with Crippen LogP contribution in [0.1, 0.15) is 21.6 Å². The molecule has 1 N–H and O–H groups in total. The van der Waals surface area contributed by atoms with Crippen LogP contribution >= 0.6 is 0 Å². The molecule has 1 aromatic carbocycles. The number of carbonyl (C=O) groups excluding carboxylic acids is 1. The highest BCUT2D eigenvalue weighted by molar-refractivity contribution is 6.05. The minimum absolute atomic E-state index is 0.253. The second-order valence-electron chi connectivity index (χ2n) is 6.36. The number of aromatic amines is 1. The third kappa shape index (κ3) is 3.38. The van der Waals surface area contributed by atoms with E-state index in [1.165, 1.54) is 4.68 Å². The zero-order valence-electron chi connectivity index (χ0n) is 16.0. The van der Waals surface area contributed by atoms with Crippen LogP contribution in [0, 0.1) is 6.92 Å². The van der Waals surface area contributed by atoms with E-state index in [0.717, 1.165) is 5.56 Å². The number of carbonyl (C=O) groups is 1. The molecule has 3 rings (SSSR count). The third-order valence-electron chi connectivity index (χ3n) is 4.39. The number of amides is 1. The van der Waals surface area contributed by atoms with Gasteiger partial charge in [-0.25, -0.2) is 4.98 Å². The Bertz CT molecular complexity index is 1070. The molecule has 27 heavy (non-hydrogen) atoms. The van der Waals surface area contributed by atoms with Crippen molar-refractivity contribution in [2.45, 2.75) is 13.5 Å². The van der Waals surface area contributed by atoms with Crippen LogP contribution in [0.3, 0.4) is 0 Å². The Morgan fingerprint density at radius 2 is 1.93 bits per heavy atom. The van der Waals surface area contributed by atoms with Crippen molar-refractivity contribution in [3.05, 3.63) is 51.4 Å². The molecule has 142 valence electrons. The minimum atomic E-state index is -0.331. The molecule has 2 heterocycles. The lowest BCUT2D eigenvalue weighted by Crippen LogP contribution is -2.27. The summed E-state index contributed by atoms with van der Waals surface area (Å²) in [5.74, 6) is 0.965. The topological polar surface area (TPSA) is 89.5 Å². The predicted octanol–water partition coefficient (Wildman–Crippen LogP) is 1.86. The first-order chi connectivity index (χ1) is 12.8. The summed E-state index contributed by atoms with van der Waals surface area (Å²) < 4.78 is 12.1. The van der Waals surface area contributed by atoms with Crippen LogP contribution in [-0.4, -0.2) is 46.8 Å². The van der Waals surface area contributed by atoms with E-state index in [4.69, 9.17) is 9.47 Å². The van der Waals surface area contributed by atoms with Crippen LogP contribution in [0.15, 0.2) is 29.1 Å². The van der Waals surface area contributed by atoms with Crippen molar-refractivity contribution in [2.75, 3.05) is 21.3 Å². The average Bonchev–Trinajstić information content (AvgIpc) is 2.93. The fraction of sp³-hybridized carbons (Fsp3) is 0.316. The molecule has 1 amide bonds. The van der Waals surface area contributed by atoms with Gasteiger partial charge in [0.2, 0.25) is 0 Å². The van der Waals surface area contributed by atoms with Gasteiger partial charge >= 0.3 is 0 Å². The Morgan fingerprint density at radius 3 is 2.59 bits per heavy atom. The van der Waals surface area contributed by atoms with E-state index in [1.807, 2.05) is 12.1 Å². The lowest BCUT2D eigenvalue weighted by Gasteiger charge is -2.19. The summed E-state index contributed by atoms with van der Waals surface area (Å²) in [6.45, 7) is 2.15. The van der Waals surface area contributed by atoms with Crippen LogP contribution in [-0.2, 0) is 13.6 Å². The first-order valence-electron chi connectivity index (χ1n) is 8.38. The van der Waals surface area contributed by atoms with Crippen LogP contribution < -0.4 is 15.0 Å². The third-order valence-corrected chi connectivity index (χ3v) is 4.39. The summed E-state index contributed by atoms with van der Waals surface area (Å²) >= 11 is 0. The van der Waals surface area contributed by atoms with Gasteiger partial charge in [-0.2, -0.15) is 0 Å². The highest BCUT2D eigenvalue weighted by atomic mass is 16.5. The van der Waals surface area contributed by atoms with Gasteiger partial charge in [-0.1, -0.05) is 6.07 Å². The number of ether oxygens (including phenoxy) is 2. The van der Waals surface area contributed by atoms with Crippen molar-refractivity contribution in [1.82, 2.24) is 19.7 Å². The van der Waals surface area contributed by atoms with Gasteiger partial charge in [0.1, 0.15) is 0 Å². The summed E-state index contributed by atoms with van der Waals surface area (Å²) in [6, 6.07) is 7.13. The Labute approximate surface area is 156 Å². The highest BCUT2D eigenvalue weighted by Crippen LogP contribution is 2.28. The molecule has 0 unspecified atom stereocenters. The maximum Gasteiger partial charge on any atom is 0.274 e. The Kier molecular flexibility index (Phi) is 4.89. The molecule has 0 saturated carbocycles. The molecule has 0 saturated heterocycles. The number of nitrogens with one attached hydrogen (secondary N) is 1. The van der Waals surface area contributed by atoms with Crippen LogP contribution in [0.4, 0.5) is 0 Å². The van der Waals surface area contributed by atoms with Crippen molar-refractivity contribution >= 4 is 16.9 Å². The van der Waals surface area contributed by atoms with E-state index in [1.54, 1.807) is 52.3 Å². The monoisotopic (exact) mass is 370 g/mol. The molecular weight excluding hydrogens is 348 g/mol. The first-order valence-corrected chi connectivity index (χ1v) is 8.38. The molecule has 3 aromatic rings. The van der Waals surface area contributed by atoms with Crippen molar-refractivity contribution in [3.8, 4) is 11.5 Å². The van der Waals surface area contributed by atoms with Crippen LogP contribution in [0.25, 0.3) is 11.0 Å². The lowest BCUT2D eigenvalue weighted by atomic mass is 10.1. The minimum Gasteiger partial charge on any atom is -0.493 e. The number of methoxy groups -OCH3 is 2. The van der Waals surface area contributed by atoms with E-state index in [2.05, 4.69) is 10.1 Å². The number of hydrogen-bond donors (Lipinski definition) is 1. The quantitative estimate of drug-likeness (QED) is 0.740. The summed E-state index contributed by atoms with van der Waals surface area (Å²) in [5.41, 5.74) is 2.01. The number of rotatable bonds is 5. The van der Waals surface area contributed by atoms with Crippen molar-refractivity contribution in [3.63, 3.8) is 0 Å². The number of aryl methyl sites for hydroxylation is 2. The van der Waals surface area contributed by atoms with Gasteiger partial charge in [-0.3, -0.25) is 19.4 Å². The summed E-state index contributed by atoms with van der Waals surface area (Å²) in [4.78, 5) is 31.2. The van der Waals surface area contributed by atoms with Gasteiger partial charge in [0, 0.05) is 26.3 Å². The molecule has 0 radical (unpaired) electrons. The standard InChI is InChI=1S/C19H22N4O4/c1-11-8-13(16-17(20-11)23(3)21-18(16)24)19(25)22(2)10-12-6-7-14(26-4)15(9-12)27-5/h6-9H,10H2,1-5H3,(H,21,24). The van der Waals surface area contributed by atoms with E-state index >= 15 is 0 Å². The molecule has 0 aliphatic carbocycles. The van der Waals surface area contributed by atoms with Gasteiger partial charge in [0.15, 0.2) is 17.1 Å². The zero-order valence-corrected chi connectivity index (χ0v) is 16.0. The summed E-state index contributed by atoms with van der Waals surface area (Å²) in [7, 11) is 6.52. The predicted molar refractivity (Wildman–Crippen MR) is 101 cm³/mol. The van der Waals surface area contributed by atoms with Crippen LogP contribution in [0.5, 0.6) is 11.5 Å². The number of hydrogen-bond acceptors (Lipinski definition) is 5. The van der Waals surface area contributed by atoms with Crippen molar-refractivity contribution in [1.29, 1.82) is 0 Å². The van der Waals surface area contributed by atoms with Crippen molar-refractivity contribution < 1.29 is 14.3 Å². The molecular formula is C19H22N4O4. The van der Waals surface area contributed by atoms with E-state index < -0.39 is 0 Å². The van der Waals surface area contributed by atoms with E-state index in [9.17, 15) is 9.59 Å². The van der Waals surface area contributed by atoms with Gasteiger partial charge in [0.25, 0.3) is 11.5 Å². The van der Waals surface area contributed by atoms with Gasteiger partial charge in [0.05, 0.1) is 25.2 Å². The highest BCUT2D eigenvalue weighted by Gasteiger charge is 2.21. The second-order valence-corrected chi connectivity index (χ2v) is 6.36. The molecule has 0 aliphatic heterocycles. The fourth-order valence-electron chi connectivity index (χ4n) is 3.08. The number of nitrogens with zero attached hydrogens (tertiary/aromatic N) is 3. The van der Waals surface area contributed by atoms with E-state index in [0.29, 0.717) is 40.3 Å². The zero-order chi connectivity index (χ0) is 19.7. The maximum absolute atomic E-state index is 13.0. The van der Waals surface area contributed by atoms with Gasteiger partial charge in [-0.15, -0.1) is 0 Å². The Morgan fingerprint density at radius 1 is 1.22 bits per heavy atom. The van der Waals surface area contributed by atoms with Gasteiger partial charge < -0.3 is 14.4 Å². The van der Waals surface area contributed by atoms with Crippen molar-refractivity contribution in [2.24, 2.45) is 7.05 Å². The lowest BCUT2D eigenvalue weighted by molar-refractivity contribution is 0.0786. The number of fused-ring (bicyclic) bond motifs is 1. The Hall–Kier alpha value is -3.29. The molecule has 0 atom stereocenters. The second kappa shape index (κ2) is 7.14. The normalized spacial score (nSPS) is 10.9. The average molecular weight is 370 g/mol. The summed E-state index contributed by atoms with van der Waals surface area (Å²) in [6.07, 6.45) is 0. The first kappa shape index (κ1) is 18.5. The molecule has 8 nitrogen and oxygen atoms in total. The molecule has 0 bridgehead atoms. The molecule has 2 aromatic heterocycles. The van der Waals surface area contributed by atoms with Gasteiger partial charge in [-0.05, 0) is 30.7 Å². The molecule has 0 aliphatic rings. The number of benzene rings is 1. The van der Waals surface area contributed by atoms with E-state index in [-0.39, 0.29) is 11.5 Å². The number of pyridine rings is 1. The smallest absolute Gasteiger partial charge is 0.274 e. The molecule has 8 heteroatoms. The van der Waals surface area contributed by atoms with Crippen LogP contribution in [0.2, 0.25) is 0 Å². The Balaban J connectivity index is 1.95. The SMILES string of the molecule is COc1ccc(CN(C)C(=O)c2cc(C)nc3c2c(=O)[nH]n3C)cc1OC. The molecule has 0 fully saturated rings. The number of aromatic nitrogens is 3. The largest absolute Gasteiger partial charge is 0.493 e. The summed E-state index contributed by atoms with van der Waals surface area (Å²) in [5, 5.41) is 2.95. The fourth-order valence-corrected chi connectivity index (χ4v) is 3.08.